The van der Waals surface area contributed by atoms with Gasteiger partial charge in [-0.15, -0.1) is 11.3 Å². The molecular formula is C20H22N4O4S2. The summed E-state index contributed by atoms with van der Waals surface area (Å²) < 4.78 is 31.7. The molecule has 0 radical (unpaired) electrons. The largest absolute Gasteiger partial charge is 0.508 e. The van der Waals surface area contributed by atoms with Gasteiger partial charge in [-0.3, -0.25) is 0 Å². The van der Waals surface area contributed by atoms with Gasteiger partial charge in [0, 0.05) is 42.5 Å². The zero-order chi connectivity index (χ0) is 21.3. The third-order valence-corrected chi connectivity index (χ3v) is 7.37. The van der Waals surface area contributed by atoms with E-state index in [1.54, 1.807) is 18.2 Å². The standard InChI is InChI=1S/C20H22N4O4S2/c1-3-30(26,27)23(2)13-16-12-17-18(29-16)20(24-7-9-28-10-8-24)22-19(21-17)14-5-4-6-15(25)11-14/h3-6,11-12,25H,1,7-10,13H2,2H3. The van der Waals surface area contributed by atoms with Crippen LogP contribution in [0.15, 0.2) is 42.3 Å². The summed E-state index contributed by atoms with van der Waals surface area (Å²) in [6, 6.07) is 8.72. The first-order chi connectivity index (χ1) is 14.4. The first kappa shape index (κ1) is 20.7. The van der Waals surface area contributed by atoms with Crippen LogP contribution in [-0.4, -0.2) is 61.1 Å². The molecule has 3 heterocycles. The van der Waals surface area contributed by atoms with Crippen molar-refractivity contribution in [3.63, 3.8) is 0 Å². The van der Waals surface area contributed by atoms with Crippen molar-refractivity contribution in [1.82, 2.24) is 14.3 Å². The van der Waals surface area contributed by atoms with Gasteiger partial charge in [-0.05, 0) is 18.2 Å². The highest BCUT2D eigenvalue weighted by atomic mass is 32.2. The minimum Gasteiger partial charge on any atom is -0.508 e. The lowest BCUT2D eigenvalue weighted by Crippen LogP contribution is -2.36. The van der Waals surface area contributed by atoms with Crippen LogP contribution in [0.3, 0.4) is 0 Å². The van der Waals surface area contributed by atoms with Crippen LogP contribution in [-0.2, 0) is 21.3 Å². The Bertz CT molecular complexity index is 1190. The van der Waals surface area contributed by atoms with Gasteiger partial charge in [-0.2, -0.15) is 4.31 Å². The van der Waals surface area contributed by atoms with Crippen LogP contribution in [0.1, 0.15) is 4.88 Å². The zero-order valence-electron chi connectivity index (χ0n) is 16.5. The molecule has 0 atom stereocenters. The van der Waals surface area contributed by atoms with E-state index < -0.39 is 10.0 Å². The molecule has 1 aliphatic heterocycles. The smallest absolute Gasteiger partial charge is 0.235 e. The molecule has 3 aromatic rings. The first-order valence-corrected chi connectivity index (χ1v) is 11.7. The molecule has 0 unspecified atom stereocenters. The van der Waals surface area contributed by atoms with Gasteiger partial charge in [0.1, 0.15) is 5.75 Å². The van der Waals surface area contributed by atoms with Crippen molar-refractivity contribution in [3.8, 4) is 17.1 Å². The minimum atomic E-state index is -3.51. The van der Waals surface area contributed by atoms with E-state index in [1.807, 2.05) is 12.1 Å². The monoisotopic (exact) mass is 446 g/mol. The molecule has 1 aliphatic rings. The molecule has 1 fully saturated rings. The van der Waals surface area contributed by atoms with E-state index in [1.165, 1.54) is 22.7 Å². The number of rotatable bonds is 6. The molecular weight excluding hydrogens is 424 g/mol. The number of thiophene rings is 1. The fourth-order valence-electron chi connectivity index (χ4n) is 3.24. The van der Waals surface area contributed by atoms with Gasteiger partial charge in [0.25, 0.3) is 0 Å². The van der Waals surface area contributed by atoms with Crippen molar-refractivity contribution in [2.45, 2.75) is 6.54 Å². The molecule has 0 bridgehead atoms. The molecule has 2 aromatic heterocycles. The normalized spacial score (nSPS) is 15.1. The average Bonchev–Trinajstić information content (AvgIpc) is 3.16. The lowest BCUT2D eigenvalue weighted by Gasteiger charge is -2.28. The number of benzene rings is 1. The number of morpholine rings is 1. The van der Waals surface area contributed by atoms with Crippen molar-refractivity contribution in [2.75, 3.05) is 38.3 Å². The summed E-state index contributed by atoms with van der Waals surface area (Å²) in [5.74, 6) is 1.45. The number of sulfonamides is 1. The van der Waals surface area contributed by atoms with Gasteiger partial charge in [0.05, 0.1) is 23.4 Å². The lowest BCUT2D eigenvalue weighted by atomic mass is 10.2. The molecule has 10 heteroatoms. The minimum absolute atomic E-state index is 0.145. The number of hydrogen-bond donors (Lipinski definition) is 1. The summed E-state index contributed by atoms with van der Waals surface area (Å²) in [6.07, 6.45) is 0. The SMILES string of the molecule is C=CS(=O)(=O)N(C)Cc1cc2nc(-c3cccc(O)c3)nc(N3CCOCC3)c2s1. The van der Waals surface area contributed by atoms with E-state index in [0.717, 1.165) is 26.3 Å². The fraction of sp³-hybridized carbons (Fsp3) is 0.300. The van der Waals surface area contributed by atoms with Crippen molar-refractivity contribution in [1.29, 1.82) is 0 Å². The molecule has 0 aliphatic carbocycles. The molecule has 158 valence electrons. The van der Waals surface area contributed by atoms with Crippen molar-refractivity contribution >= 4 is 37.4 Å². The van der Waals surface area contributed by atoms with Crippen LogP contribution in [0, 0.1) is 0 Å². The maximum Gasteiger partial charge on any atom is 0.235 e. The fourth-order valence-corrected chi connectivity index (χ4v) is 5.06. The highest BCUT2D eigenvalue weighted by Crippen LogP contribution is 2.35. The van der Waals surface area contributed by atoms with Gasteiger partial charge < -0.3 is 14.7 Å². The Kier molecular flexibility index (Phi) is 5.74. The molecule has 1 aromatic carbocycles. The molecule has 1 N–H and O–H groups in total. The summed E-state index contributed by atoms with van der Waals surface area (Å²) >= 11 is 1.48. The van der Waals surface area contributed by atoms with E-state index >= 15 is 0 Å². The van der Waals surface area contributed by atoms with Crippen molar-refractivity contribution < 1.29 is 18.3 Å². The number of aromatic hydroxyl groups is 1. The van der Waals surface area contributed by atoms with Crippen LogP contribution < -0.4 is 4.90 Å². The lowest BCUT2D eigenvalue weighted by molar-refractivity contribution is 0.122. The number of nitrogens with zero attached hydrogens (tertiary/aromatic N) is 4. The first-order valence-electron chi connectivity index (χ1n) is 9.39. The topological polar surface area (TPSA) is 95.9 Å². The predicted octanol–water partition coefficient (Wildman–Crippen LogP) is 2.81. The quantitative estimate of drug-likeness (QED) is 0.622. The third kappa shape index (κ3) is 4.17. The molecule has 0 spiro atoms. The Hall–Kier alpha value is -2.53. The number of fused-ring (bicyclic) bond motifs is 1. The molecule has 30 heavy (non-hydrogen) atoms. The van der Waals surface area contributed by atoms with E-state index in [0.29, 0.717) is 37.7 Å². The predicted molar refractivity (Wildman–Crippen MR) is 118 cm³/mol. The Labute approximate surface area is 179 Å². The highest BCUT2D eigenvalue weighted by Gasteiger charge is 2.22. The van der Waals surface area contributed by atoms with E-state index in [9.17, 15) is 13.5 Å². The second-order valence-electron chi connectivity index (χ2n) is 6.92. The van der Waals surface area contributed by atoms with E-state index in [-0.39, 0.29) is 12.3 Å². The van der Waals surface area contributed by atoms with Crippen LogP contribution in [0.5, 0.6) is 5.75 Å². The van der Waals surface area contributed by atoms with Crippen LogP contribution in [0.2, 0.25) is 0 Å². The number of aromatic nitrogens is 2. The van der Waals surface area contributed by atoms with E-state index in [4.69, 9.17) is 14.7 Å². The Morgan fingerprint density at radius 3 is 2.77 bits per heavy atom. The van der Waals surface area contributed by atoms with Crippen LogP contribution >= 0.6 is 11.3 Å². The van der Waals surface area contributed by atoms with Gasteiger partial charge in [-0.1, -0.05) is 18.7 Å². The van der Waals surface area contributed by atoms with Crippen molar-refractivity contribution in [3.05, 3.63) is 47.2 Å². The molecule has 0 saturated carbocycles. The van der Waals surface area contributed by atoms with Gasteiger partial charge in [0.15, 0.2) is 11.6 Å². The van der Waals surface area contributed by atoms with Gasteiger partial charge >= 0.3 is 0 Å². The zero-order valence-corrected chi connectivity index (χ0v) is 18.1. The highest BCUT2D eigenvalue weighted by molar-refractivity contribution is 7.91. The van der Waals surface area contributed by atoms with Crippen LogP contribution in [0.4, 0.5) is 5.82 Å². The Balaban J connectivity index is 1.80. The molecule has 0 amide bonds. The third-order valence-electron chi connectivity index (χ3n) is 4.84. The van der Waals surface area contributed by atoms with Crippen LogP contribution in [0.25, 0.3) is 21.6 Å². The van der Waals surface area contributed by atoms with Crippen molar-refractivity contribution in [2.24, 2.45) is 0 Å². The maximum atomic E-state index is 12.0. The molecule has 8 nitrogen and oxygen atoms in total. The summed E-state index contributed by atoms with van der Waals surface area (Å²) in [7, 11) is -1.99. The number of anilines is 1. The Morgan fingerprint density at radius 2 is 2.07 bits per heavy atom. The summed E-state index contributed by atoms with van der Waals surface area (Å²) in [4.78, 5) is 12.5. The second kappa shape index (κ2) is 8.31. The molecule has 4 rings (SSSR count). The van der Waals surface area contributed by atoms with Gasteiger partial charge in [-0.25, -0.2) is 18.4 Å². The summed E-state index contributed by atoms with van der Waals surface area (Å²) in [6.45, 7) is 6.26. The number of phenolic OH excluding ortho intramolecular Hbond substituents is 1. The summed E-state index contributed by atoms with van der Waals surface area (Å²) in [5.41, 5.74) is 1.46. The second-order valence-corrected chi connectivity index (χ2v) is 10.0. The number of ether oxygens (including phenoxy) is 1. The summed E-state index contributed by atoms with van der Waals surface area (Å²) in [5, 5.41) is 10.8. The maximum absolute atomic E-state index is 12.0. The number of hydrogen-bond acceptors (Lipinski definition) is 8. The molecule has 1 saturated heterocycles. The average molecular weight is 447 g/mol. The number of phenols is 1. The Morgan fingerprint density at radius 1 is 1.30 bits per heavy atom. The van der Waals surface area contributed by atoms with E-state index in [2.05, 4.69) is 11.5 Å². The van der Waals surface area contributed by atoms with Gasteiger partial charge in [0.2, 0.25) is 10.0 Å².